The fourth-order valence-electron chi connectivity index (χ4n) is 1.46. The second kappa shape index (κ2) is 3.58. The molecule has 0 aliphatic carbocycles. The molecule has 0 saturated carbocycles. The number of hydrogen-bond acceptors (Lipinski definition) is 6. The second-order valence-electron chi connectivity index (χ2n) is 2.91. The Morgan fingerprint density at radius 2 is 2.38 bits per heavy atom. The third-order valence-corrected chi connectivity index (χ3v) is 2.10. The SMILES string of the molecule is COc1c2c(cc(C#N)c1[N+](=O)[O-])OCO2. The van der Waals surface area contributed by atoms with Crippen LogP contribution >= 0.6 is 0 Å². The first-order valence-electron chi connectivity index (χ1n) is 4.24. The molecule has 0 spiro atoms. The average Bonchev–Trinajstić information content (AvgIpc) is 2.73. The van der Waals surface area contributed by atoms with Gasteiger partial charge < -0.3 is 14.2 Å². The lowest BCUT2D eigenvalue weighted by molar-refractivity contribution is -0.386. The van der Waals surface area contributed by atoms with Crippen molar-refractivity contribution in [2.24, 2.45) is 0 Å². The van der Waals surface area contributed by atoms with Crippen LogP contribution < -0.4 is 14.2 Å². The van der Waals surface area contributed by atoms with E-state index < -0.39 is 10.6 Å². The Kier molecular flexibility index (Phi) is 2.25. The first-order valence-corrected chi connectivity index (χ1v) is 4.24. The van der Waals surface area contributed by atoms with Crippen LogP contribution in [-0.2, 0) is 0 Å². The van der Waals surface area contributed by atoms with Gasteiger partial charge in [-0.2, -0.15) is 5.26 Å². The topological polar surface area (TPSA) is 94.6 Å². The molecule has 0 atom stereocenters. The van der Waals surface area contributed by atoms with Crippen LogP contribution in [0.4, 0.5) is 5.69 Å². The Labute approximate surface area is 89.9 Å². The Morgan fingerprint density at radius 3 is 2.94 bits per heavy atom. The highest BCUT2D eigenvalue weighted by Crippen LogP contribution is 2.48. The second-order valence-corrected chi connectivity index (χ2v) is 2.91. The van der Waals surface area contributed by atoms with Gasteiger partial charge in [-0.05, 0) is 0 Å². The van der Waals surface area contributed by atoms with Gasteiger partial charge in [0.2, 0.25) is 18.3 Å². The normalized spacial score (nSPS) is 12.0. The maximum Gasteiger partial charge on any atom is 0.332 e. The molecule has 0 radical (unpaired) electrons. The molecule has 82 valence electrons. The summed E-state index contributed by atoms with van der Waals surface area (Å²) in [7, 11) is 1.27. The summed E-state index contributed by atoms with van der Waals surface area (Å²) in [4.78, 5) is 10.2. The van der Waals surface area contributed by atoms with Crippen molar-refractivity contribution >= 4 is 5.69 Å². The number of methoxy groups -OCH3 is 1. The minimum atomic E-state index is -0.681. The zero-order valence-corrected chi connectivity index (χ0v) is 8.22. The van der Waals surface area contributed by atoms with Crippen molar-refractivity contribution in [1.82, 2.24) is 0 Å². The quantitative estimate of drug-likeness (QED) is 0.551. The highest BCUT2D eigenvalue weighted by molar-refractivity contribution is 5.70. The molecule has 1 heterocycles. The summed E-state index contributed by atoms with van der Waals surface area (Å²) < 4.78 is 15.0. The highest BCUT2D eigenvalue weighted by Gasteiger charge is 2.32. The van der Waals surface area contributed by atoms with E-state index in [9.17, 15) is 10.1 Å². The van der Waals surface area contributed by atoms with Crippen molar-refractivity contribution in [2.75, 3.05) is 13.9 Å². The molecule has 0 N–H and O–H groups in total. The number of nitro benzene ring substituents is 1. The molecule has 0 amide bonds. The summed E-state index contributed by atoms with van der Waals surface area (Å²) in [6.45, 7) is -0.0439. The van der Waals surface area contributed by atoms with Gasteiger partial charge in [0.15, 0.2) is 5.75 Å². The van der Waals surface area contributed by atoms with Gasteiger partial charge in [0.05, 0.1) is 12.0 Å². The van der Waals surface area contributed by atoms with E-state index in [1.807, 2.05) is 0 Å². The summed E-state index contributed by atoms with van der Waals surface area (Å²) >= 11 is 0. The predicted molar refractivity (Wildman–Crippen MR) is 50.5 cm³/mol. The fourth-order valence-corrected chi connectivity index (χ4v) is 1.46. The van der Waals surface area contributed by atoms with Crippen LogP contribution in [0.2, 0.25) is 0 Å². The lowest BCUT2D eigenvalue weighted by atomic mass is 10.1. The van der Waals surface area contributed by atoms with Crippen molar-refractivity contribution in [3.63, 3.8) is 0 Å². The molecule has 1 aliphatic heterocycles. The number of hydrogen-bond donors (Lipinski definition) is 0. The Bertz CT molecular complexity index is 506. The minimum absolute atomic E-state index is 0.0439. The molecule has 7 nitrogen and oxygen atoms in total. The Morgan fingerprint density at radius 1 is 1.62 bits per heavy atom. The fraction of sp³-hybridized carbons (Fsp3) is 0.222. The molecule has 0 saturated heterocycles. The third kappa shape index (κ3) is 1.28. The largest absolute Gasteiger partial charge is 0.487 e. The van der Waals surface area contributed by atoms with Crippen LogP contribution in [0.1, 0.15) is 5.56 Å². The number of ether oxygens (including phenoxy) is 3. The lowest BCUT2D eigenvalue weighted by Gasteiger charge is -2.06. The third-order valence-electron chi connectivity index (χ3n) is 2.10. The highest BCUT2D eigenvalue weighted by atomic mass is 16.7. The van der Waals surface area contributed by atoms with Crippen LogP contribution in [0.15, 0.2) is 6.07 Å². The van der Waals surface area contributed by atoms with Crippen molar-refractivity contribution in [3.8, 4) is 23.3 Å². The van der Waals surface area contributed by atoms with E-state index >= 15 is 0 Å². The molecule has 0 bridgehead atoms. The van der Waals surface area contributed by atoms with Crippen LogP contribution in [0.5, 0.6) is 17.2 Å². The number of nitrogens with zero attached hydrogens (tertiary/aromatic N) is 2. The van der Waals surface area contributed by atoms with Gasteiger partial charge in [0.25, 0.3) is 0 Å². The van der Waals surface area contributed by atoms with Crippen molar-refractivity contribution < 1.29 is 19.1 Å². The Balaban J connectivity index is 2.76. The molecule has 1 aromatic rings. The zero-order valence-electron chi connectivity index (χ0n) is 8.22. The van der Waals surface area contributed by atoms with Gasteiger partial charge in [0.1, 0.15) is 11.6 Å². The number of nitriles is 1. The smallest absolute Gasteiger partial charge is 0.332 e. The summed E-state index contributed by atoms with van der Waals surface area (Å²) in [5.74, 6) is 0.351. The van der Waals surface area contributed by atoms with Gasteiger partial charge >= 0.3 is 5.69 Å². The summed E-state index contributed by atoms with van der Waals surface area (Å²) in [6, 6.07) is 2.99. The van der Waals surface area contributed by atoms with Gasteiger partial charge in [0, 0.05) is 6.07 Å². The molecule has 1 aromatic carbocycles. The Hall–Kier alpha value is -2.49. The van der Waals surface area contributed by atoms with E-state index in [0.717, 1.165) is 0 Å². The van der Waals surface area contributed by atoms with Crippen LogP contribution in [0, 0.1) is 21.4 Å². The molecule has 0 fully saturated rings. The molecule has 1 aliphatic rings. The van der Waals surface area contributed by atoms with E-state index in [2.05, 4.69) is 0 Å². The first-order chi connectivity index (χ1) is 7.69. The molecule has 0 aromatic heterocycles. The number of rotatable bonds is 2. The number of fused-ring (bicyclic) bond motifs is 1. The monoisotopic (exact) mass is 222 g/mol. The van der Waals surface area contributed by atoms with E-state index in [4.69, 9.17) is 19.5 Å². The van der Waals surface area contributed by atoms with Crippen LogP contribution in [-0.4, -0.2) is 18.8 Å². The molecule has 2 rings (SSSR count). The molecular formula is C9H6N2O5. The summed E-state index contributed by atoms with van der Waals surface area (Å²) in [5, 5.41) is 19.7. The summed E-state index contributed by atoms with van der Waals surface area (Å²) in [6.07, 6.45) is 0. The molecular weight excluding hydrogens is 216 g/mol. The first kappa shape index (κ1) is 10.0. The lowest BCUT2D eigenvalue weighted by Crippen LogP contribution is -1.98. The van der Waals surface area contributed by atoms with E-state index in [1.54, 1.807) is 6.07 Å². The van der Waals surface area contributed by atoms with E-state index in [-0.39, 0.29) is 29.6 Å². The van der Waals surface area contributed by atoms with Crippen molar-refractivity contribution in [1.29, 1.82) is 5.26 Å². The van der Waals surface area contributed by atoms with Gasteiger partial charge in [-0.15, -0.1) is 0 Å². The van der Waals surface area contributed by atoms with Gasteiger partial charge in [-0.25, -0.2) is 0 Å². The minimum Gasteiger partial charge on any atom is -0.487 e. The number of nitro groups is 1. The zero-order chi connectivity index (χ0) is 11.7. The van der Waals surface area contributed by atoms with Crippen molar-refractivity contribution in [2.45, 2.75) is 0 Å². The van der Waals surface area contributed by atoms with Crippen LogP contribution in [0.25, 0.3) is 0 Å². The van der Waals surface area contributed by atoms with E-state index in [1.165, 1.54) is 13.2 Å². The predicted octanol–water partition coefficient (Wildman–Crippen LogP) is 1.20. The molecule has 0 unspecified atom stereocenters. The van der Waals surface area contributed by atoms with Gasteiger partial charge in [-0.1, -0.05) is 0 Å². The van der Waals surface area contributed by atoms with E-state index in [0.29, 0.717) is 0 Å². The van der Waals surface area contributed by atoms with Crippen LogP contribution in [0.3, 0.4) is 0 Å². The summed E-state index contributed by atoms with van der Waals surface area (Å²) in [5.41, 5.74) is -0.527. The standard InChI is InChI=1S/C9H6N2O5/c1-14-9-7(11(12)13)5(3-10)2-6-8(9)16-4-15-6/h2H,4H2,1H3. The molecule has 16 heavy (non-hydrogen) atoms. The number of benzene rings is 1. The average molecular weight is 222 g/mol. The maximum absolute atomic E-state index is 10.8. The van der Waals surface area contributed by atoms with Gasteiger partial charge in [-0.3, -0.25) is 10.1 Å². The maximum atomic E-state index is 10.8. The van der Waals surface area contributed by atoms with Crippen molar-refractivity contribution in [3.05, 3.63) is 21.7 Å². The molecule has 7 heteroatoms.